The van der Waals surface area contributed by atoms with E-state index in [1.165, 1.54) is 43.3 Å². The normalized spacial score (nSPS) is 13.2. The zero-order chi connectivity index (χ0) is 15.5. The number of alkyl halides is 2. The summed E-state index contributed by atoms with van der Waals surface area (Å²) in [5.74, 6) is -0.409. The highest BCUT2D eigenvalue weighted by atomic mass is 19.3. The topological polar surface area (TPSA) is 9.23 Å². The zero-order valence-corrected chi connectivity index (χ0v) is 11.9. The molecule has 0 N–H and O–H groups in total. The summed E-state index contributed by atoms with van der Waals surface area (Å²) in [6, 6.07) is 11.4. The molecule has 0 amide bonds. The molecule has 2 aromatic rings. The monoisotopic (exact) mass is 294 g/mol. The Labute approximate surface area is 122 Å². The third kappa shape index (κ3) is 3.85. The van der Waals surface area contributed by atoms with Crippen LogP contribution in [0.5, 0.6) is 0 Å². The van der Waals surface area contributed by atoms with E-state index in [-0.39, 0.29) is 5.56 Å². The van der Waals surface area contributed by atoms with Crippen molar-refractivity contribution < 1.29 is 17.9 Å². The molecular formula is C17H17F3O. The van der Waals surface area contributed by atoms with E-state index in [9.17, 15) is 13.2 Å². The lowest BCUT2D eigenvalue weighted by atomic mass is 10.1. The van der Waals surface area contributed by atoms with Gasteiger partial charge in [0.05, 0.1) is 11.7 Å². The molecule has 0 spiro atoms. The molecule has 0 radical (unpaired) electrons. The molecule has 0 saturated carbocycles. The molecule has 0 aliphatic rings. The van der Waals surface area contributed by atoms with Crippen molar-refractivity contribution in [3.8, 4) is 0 Å². The molecule has 0 aliphatic heterocycles. The molecule has 0 heterocycles. The number of rotatable bonds is 5. The quantitative estimate of drug-likeness (QED) is 0.735. The minimum absolute atomic E-state index is 0.186. The Balaban J connectivity index is 2.13. The van der Waals surface area contributed by atoms with Gasteiger partial charge < -0.3 is 4.74 Å². The van der Waals surface area contributed by atoms with E-state index in [1.807, 2.05) is 6.92 Å². The van der Waals surface area contributed by atoms with Crippen molar-refractivity contribution in [2.24, 2.45) is 0 Å². The van der Waals surface area contributed by atoms with Crippen LogP contribution in [0.15, 0.2) is 48.5 Å². The number of benzene rings is 2. The average Bonchev–Trinajstić information content (AvgIpc) is 2.47. The summed E-state index contributed by atoms with van der Waals surface area (Å²) in [5.41, 5.74) is 1.30. The van der Waals surface area contributed by atoms with Crippen molar-refractivity contribution in [1.82, 2.24) is 0 Å². The van der Waals surface area contributed by atoms with Crippen molar-refractivity contribution in [3.63, 3.8) is 0 Å². The first-order valence-corrected chi connectivity index (χ1v) is 6.83. The fraction of sp³-hybridized carbons (Fsp3) is 0.294. The van der Waals surface area contributed by atoms with Gasteiger partial charge in [-0.1, -0.05) is 43.3 Å². The van der Waals surface area contributed by atoms with Crippen LogP contribution in [0.1, 0.15) is 36.6 Å². The molecule has 1 nitrogen and oxygen atoms in total. The summed E-state index contributed by atoms with van der Waals surface area (Å²) in [4.78, 5) is 0. The number of hydrogen-bond acceptors (Lipinski definition) is 1. The van der Waals surface area contributed by atoms with Gasteiger partial charge in [-0.3, -0.25) is 0 Å². The highest BCUT2D eigenvalue weighted by Crippen LogP contribution is 2.35. The first-order chi connectivity index (χ1) is 9.92. The van der Waals surface area contributed by atoms with Crippen LogP contribution in [0.3, 0.4) is 0 Å². The summed E-state index contributed by atoms with van der Waals surface area (Å²) in [6.45, 7) is 3.47. The summed E-state index contributed by atoms with van der Waals surface area (Å²) in [7, 11) is 0. The van der Waals surface area contributed by atoms with Gasteiger partial charge in [0.15, 0.2) is 0 Å². The minimum Gasteiger partial charge on any atom is -0.309 e. The lowest BCUT2D eigenvalue weighted by molar-refractivity contribution is -0.272. The molecule has 0 aliphatic carbocycles. The molecule has 2 aromatic carbocycles. The van der Waals surface area contributed by atoms with Crippen LogP contribution in [-0.4, -0.2) is 0 Å². The van der Waals surface area contributed by atoms with E-state index in [0.29, 0.717) is 5.56 Å². The molecule has 2 rings (SSSR count). The van der Waals surface area contributed by atoms with E-state index >= 15 is 0 Å². The van der Waals surface area contributed by atoms with E-state index in [0.717, 1.165) is 12.0 Å². The van der Waals surface area contributed by atoms with Gasteiger partial charge in [-0.2, -0.15) is 8.78 Å². The molecule has 21 heavy (non-hydrogen) atoms. The molecule has 0 saturated heterocycles. The Kier molecular flexibility index (Phi) is 4.68. The second-order valence-corrected chi connectivity index (χ2v) is 4.88. The van der Waals surface area contributed by atoms with E-state index in [2.05, 4.69) is 0 Å². The maximum atomic E-state index is 14.1. The SMILES string of the molecule is CCc1ccc(C(F)(F)OC(C)c2ccc(F)cc2)cc1. The van der Waals surface area contributed by atoms with E-state index in [4.69, 9.17) is 4.74 Å². The summed E-state index contributed by atoms with van der Waals surface area (Å²) < 4.78 is 45.9. The molecule has 4 heteroatoms. The van der Waals surface area contributed by atoms with Gasteiger partial charge in [0, 0.05) is 0 Å². The van der Waals surface area contributed by atoms with Gasteiger partial charge in [0.2, 0.25) is 0 Å². The molecule has 0 bridgehead atoms. The maximum Gasteiger partial charge on any atom is 0.383 e. The summed E-state index contributed by atoms with van der Waals surface area (Å²) >= 11 is 0. The van der Waals surface area contributed by atoms with Crippen molar-refractivity contribution in [1.29, 1.82) is 0 Å². The number of ether oxygens (including phenoxy) is 1. The Bertz CT molecular complexity index is 576. The molecule has 1 unspecified atom stereocenters. The van der Waals surface area contributed by atoms with Gasteiger partial charge in [-0.25, -0.2) is 4.39 Å². The lowest BCUT2D eigenvalue weighted by Gasteiger charge is -2.22. The third-order valence-electron chi connectivity index (χ3n) is 3.36. The molecular weight excluding hydrogens is 277 g/mol. The maximum absolute atomic E-state index is 14.1. The minimum atomic E-state index is -3.39. The predicted molar refractivity (Wildman–Crippen MR) is 75.6 cm³/mol. The second-order valence-electron chi connectivity index (χ2n) is 4.88. The summed E-state index contributed by atoms with van der Waals surface area (Å²) in [6.07, 6.45) is -3.44. The summed E-state index contributed by atoms with van der Waals surface area (Å²) in [5, 5.41) is 0. The van der Waals surface area contributed by atoms with Crippen molar-refractivity contribution >= 4 is 0 Å². The lowest BCUT2D eigenvalue weighted by Crippen LogP contribution is -2.20. The fourth-order valence-corrected chi connectivity index (χ4v) is 2.03. The van der Waals surface area contributed by atoms with Crippen molar-refractivity contribution in [2.45, 2.75) is 32.5 Å². The van der Waals surface area contributed by atoms with Crippen LogP contribution in [0.4, 0.5) is 13.2 Å². The molecule has 112 valence electrons. The van der Waals surface area contributed by atoms with Crippen molar-refractivity contribution in [2.75, 3.05) is 0 Å². The highest BCUT2D eigenvalue weighted by Gasteiger charge is 2.35. The second kappa shape index (κ2) is 6.31. The van der Waals surface area contributed by atoms with Crippen LogP contribution in [0, 0.1) is 5.82 Å². The number of halogens is 3. The van der Waals surface area contributed by atoms with Gasteiger partial charge in [0.25, 0.3) is 0 Å². The van der Waals surface area contributed by atoms with Gasteiger partial charge in [-0.05, 0) is 36.6 Å². The van der Waals surface area contributed by atoms with E-state index < -0.39 is 18.0 Å². The number of aryl methyl sites for hydroxylation is 1. The molecule has 0 aromatic heterocycles. The Morgan fingerprint density at radius 3 is 2.10 bits per heavy atom. The van der Waals surface area contributed by atoms with Crippen LogP contribution >= 0.6 is 0 Å². The standard InChI is InChI=1S/C17H17F3O/c1-3-13-4-8-15(9-5-13)17(19,20)21-12(2)14-6-10-16(18)11-7-14/h4-12H,3H2,1-2H3. The van der Waals surface area contributed by atoms with Crippen LogP contribution in [-0.2, 0) is 17.3 Å². The number of hydrogen-bond donors (Lipinski definition) is 0. The zero-order valence-electron chi connectivity index (χ0n) is 11.9. The third-order valence-corrected chi connectivity index (χ3v) is 3.36. The molecule has 0 fully saturated rings. The van der Waals surface area contributed by atoms with E-state index in [1.54, 1.807) is 12.1 Å². The van der Waals surface area contributed by atoms with Gasteiger partial charge in [-0.15, -0.1) is 0 Å². The van der Waals surface area contributed by atoms with Gasteiger partial charge in [0.1, 0.15) is 5.82 Å². The Hall–Kier alpha value is -1.81. The Morgan fingerprint density at radius 2 is 1.57 bits per heavy atom. The van der Waals surface area contributed by atoms with Crippen LogP contribution in [0.25, 0.3) is 0 Å². The Morgan fingerprint density at radius 1 is 1.00 bits per heavy atom. The van der Waals surface area contributed by atoms with Gasteiger partial charge >= 0.3 is 6.11 Å². The highest BCUT2D eigenvalue weighted by molar-refractivity contribution is 5.25. The first-order valence-electron chi connectivity index (χ1n) is 6.83. The van der Waals surface area contributed by atoms with Crippen LogP contribution in [0.2, 0.25) is 0 Å². The van der Waals surface area contributed by atoms with Crippen molar-refractivity contribution in [3.05, 3.63) is 71.0 Å². The first kappa shape index (κ1) is 15.6. The fourth-order valence-electron chi connectivity index (χ4n) is 2.03. The van der Waals surface area contributed by atoms with Crippen LogP contribution < -0.4 is 0 Å². The largest absolute Gasteiger partial charge is 0.383 e. The molecule has 1 atom stereocenters. The predicted octanol–water partition coefficient (Wildman–Crippen LogP) is 5.22. The smallest absolute Gasteiger partial charge is 0.309 e. The average molecular weight is 294 g/mol.